The van der Waals surface area contributed by atoms with Gasteiger partial charge in [0.1, 0.15) is 11.5 Å². The van der Waals surface area contributed by atoms with E-state index in [-0.39, 0.29) is 10.8 Å². The van der Waals surface area contributed by atoms with E-state index >= 15 is 0 Å². The van der Waals surface area contributed by atoms with Gasteiger partial charge in [-0.25, -0.2) is 0 Å². The van der Waals surface area contributed by atoms with Gasteiger partial charge in [-0.1, -0.05) is 45.0 Å². The second-order valence-electron chi connectivity index (χ2n) is 8.87. The van der Waals surface area contributed by atoms with E-state index < -0.39 is 0 Å². The van der Waals surface area contributed by atoms with Gasteiger partial charge in [0, 0.05) is 0 Å². The molecular weight excluding hydrogens is 320 g/mol. The molecule has 2 heteroatoms. The summed E-state index contributed by atoms with van der Waals surface area (Å²) in [5, 5.41) is 19.8. The lowest BCUT2D eigenvalue weighted by molar-refractivity contribution is 0.159. The smallest absolute Gasteiger partial charge is 0.118 e. The highest BCUT2D eigenvalue weighted by Gasteiger charge is 2.44. The molecule has 2 aromatic carbocycles. The molecule has 26 heavy (non-hydrogen) atoms. The Bertz CT molecular complexity index is 796. The molecule has 1 aliphatic rings. The van der Waals surface area contributed by atoms with Gasteiger partial charge in [0.05, 0.1) is 0 Å². The van der Waals surface area contributed by atoms with Gasteiger partial charge in [0.2, 0.25) is 0 Å². The number of hydrogen-bond donors (Lipinski definition) is 2. The van der Waals surface area contributed by atoms with Crippen LogP contribution in [0, 0.1) is 19.8 Å². The summed E-state index contributed by atoms with van der Waals surface area (Å²) in [6.45, 7) is 11.0. The zero-order valence-corrected chi connectivity index (χ0v) is 16.8. The molecule has 0 aliphatic heterocycles. The van der Waals surface area contributed by atoms with Crippen molar-refractivity contribution in [2.45, 2.75) is 71.1 Å². The predicted molar refractivity (Wildman–Crippen MR) is 108 cm³/mol. The molecule has 140 valence electrons. The number of benzene rings is 2. The van der Waals surface area contributed by atoms with Gasteiger partial charge in [-0.3, -0.25) is 0 Å². The molecule has 1 fully saturated rings. The molecule has 1 saturated carbocycles. The average Bonchev–Trinajstić information content (AvgIpc) is 2.60. The maximum atomic E-state index is 9.92. The van der Waals surface area contributed by atoms with E-state index in [1.54, 1.807) is 0 Å². The largest absolute Gasteiger partial charge is 0.508 e. The van der Waals surface area contributed by atoms with Crippen LogP contribution in [0.15, 0.2) is 36.4 Å². The third kappa shape index (κ3) is 3.11. The number of aromatic hydroxyl groups is 2. The Balaban J connectivity index is 1.91. The summed E-state index contributed by atoms with van der Waals surface area (Å²) < 4.78 is 0. The molecule has 2 nitrogen and oxygen atoms in total. The average molecular weight is 353 g/mol. The van der Waals surface area contributed by atoms with Crippen LogP contribution in [0.25, 0.3) is 0 Å². The first kappa shape index (κ1) is 18.8. The molecule has 0 aromatic heterocycles. The molecule has 0 saturated heterocycles. The first-order valence-electron chi connectivity index (χ1n) is 9.78. The number of aryl methyl sites for hydroxylation is 2. The minimum absolute atomic E-state index is 0.156. The molecule has 2 N–H and O–H groups in total. The van der Waals surface area contributed by atoms with Gasteiger partial charge in [-0.15, -0.1) is 0 Å². The maximum absolute atomic E-state index is 9.92. The zero-order valence-electron chi connectivity index (χ0n) is 16.8. The number of hydrogen-bond acceptors (Lipinski definition) is 2. The Hall–Kier alpha value is -1.96. The first-order chi connectivity index (χ1) is 12.2. The van der Waals surface area contributed by atoms with Gasteiger partial charge in [-0.05, 0) is 90.7 Å². The molecule has 0 unspecified atom stereocenters. The van der Waals surface area contributed by atoms with Gasteiger partial charge in [0.15, 0.2) is 0 Å². The monoisotopic (exact) mass is 352 g/mol. The Labute approximate surface area is 157 Å². The molecule has 0 amide bonds. The summed E-state index contributed by atoms with van der Waals surface area (Å²) in [6, 6.07) is 12.2. The molecular formula is C24H32O2. The van der Waals surface area contributed by atoms with Crippen LogP contribution in [0.3, 0.4) is 0 Å². The van der Waals surface area contributed by atoms with Gasteiger partial charge in [0.25, 0.3) is 0 Å². The maximum Gasteiger partial charge on any atom is 0.118 e. The SMILES string of the molecule is Cc1cc(C2(C)CCC(c3ccc(O)c(C)c3)(C(C)C)CC2)ccc1O. The fourth-order valence-corrected chi connectivity index (χ4v) is 4.73. The minimum atomic E-state index is 0.156. The van der Waals surface area contributed by atoms with E-state index in [1.165, 1.54) is 11.1 Å². The molecule has 2 aromatic rings. The third-order valence-corrected chi connectivity index (χ3v) is 7.02. The molecule has 1 aliphatic carbocycles. The summed E-state index contributed by atoms with van der Waals surface area (Å²) in [5.41, 5.74) is 4.95. The molecule has 0 heterocycles. The molecule has 0 spiro atoms. The summed E-state index contributed by atoms with van der Waals surface area (Å²) in [6.07, 6.45) is 4.56. The summed E-state index contributed by atoms with van der Waals surface area (Å²) in [4.78, 5) is 0. The van der Waals surface area contributed by atoms with Crippen molar-refractivity contribution in [3.8, 4) is 11.5 Å². The quantitative estimate of drug-likeness (QED) is 0.696. The Kier molecular flexibility index (Phi) is 4.81. The van der Waals surface area contributed by atoms with Crippen LogP contribution >= 0.6 is 0 Å². The van der Waals surface area contributed by atoms with Crippen LogP contribution in [0.4, 0.5) is 0 Å². The van der Waals surface area contributed by atoms with E-state index in [4.69, 9.17) is 0 Å². The van der Waals surface area contributed by atoms with Gasteiger partial charge in [-0.2, -0.15) is 0 Å². The Morgan fingerprint density at radius 3 is 1.69 bits per heavy atom. The van der Waals surface area contributed by atoms with Crippen molar-refractivity contribution in [3.05, 3.63) is 58.7 Å². The number of phenols is 2. The number of rotatable bonds is 3. The topological polar surface area (TPSA) is 40.5 Å². The lowest BCUT2D eigenvalue weighted by Crippen LogP contribution is -2.41. The molecule has 0 bridgehead atoms. The van der Waals surface area contributed by atoms with Crippen LogP contribution in [0.1, 0.15) is 68.7 Å². The zero-order chi connectivity index (χ0) is 19.1. The normalized spacial score (nSPS) is 26.2. The summed E-state index contributed by atoms with van der Waals surface area (Å²) in [7, 11) is 0. The van der Waals surface area contributed by atoms with Crippen LogP contribution in [0.2, 0.25) is 0 Å². The van der Waals surface area contributed by atoms with Crippen molar-refractivity contribution in [2.75, 3.05) is 0 Å². The second-order valence-corrected chi connectivity index (χ2v) is 8.87. The van der Waals surface area contributed by atoms with E-state index in [0.29, 0.717) is 17.4 Å². The van der Waals surface area contributed by atoms with Gasteiger partial charge >= 0.3 is 0 Å². The minimum Gasteiger partial charge on any atom is -0.508 e. The highest BCUT2D eigenvalue weighted by atomic mass is 16.3. The summed E-state index contributed by atoms with van der Waals surface area (Å²) in [5.74, 6) is 1.31. The fourth-order valence-electron chi connectivity index (χ4n) is 4.73. The van der Waals surface area contributed by atoms with Crippen molar-refractivity contribution in [1.29, 1.82) is 0 Å². The molecule has 0 atom stereocenters. The van der Waals surface area contributed by atoms with Crippen LogP contribution < -0.4 is 0 Å². The second kappa shape index (κ2) is 6.64. The van der Waals surface area contributed by atoms with Crippen molar-refractivity contribution in [2.24, 2.45) is 5.92 Å². The van der Waals surface area contributed by atoms with Gasteiger partial charge < -0.3 is 10.2 Å². The highest BCUT2D eigenvalue weighted by Crippen LogP contribution is 2.52. The highest BCUT2D eigenvalue weighted by molar-refractivity contribution is 5.41. The fraction of sp³-hybridized carbons (Fsp3) is 0.500. The number of phenolic OH excluding ortho intramolecular Hbond substituents is 2. The lowest BCUT2D eigenvalue weighted by Gasteiger charge is -2.48. The molecule has 3 rings (SSSR count). The van der Waals surface area contributed by atoms with E-state index in [0.717, 1.165) is 36.8 Å². The van der Waals surface area contributed by atoms with E-state index in [9.17, 15) is 10.2 Å². The first-order valence-corrected chi connectivity index (χ1v) is 9.78. The van der Waals surface area contributed by atoms with Crippen molar-refractivity contribution >= 4 is 0 Å². The van der Waals surface area contributed by atoms with Crippen LogP contribution in [-0.4, -0.2) is 10.2 Å². The standard InChI is InChI=1S/C24H32O2/c1-16(2)24(20-7-9-22(26)18(4)15-20)12-10-23(5,11-13-24)19-6-8-21(25)17(3)14-19/h6-9,14-16,25-26H,10-13H2,1-5H3. The van der Waals surface area contributed by atoms with Crippen LogP contribution in [0.5, 0.6) is 11.5 Å². The predicted octanol–water partition coefficient (Wildman–Crippen LogP) is 6.14. The van der Waals surface area contributed by atoms with Crippen molar-refractivity contribution < 1.29 is 10.2 Å². The van der Waals surface area contributed by atoms with E-state index in [2.05, 4.69) is 45.0 Å². The van der Waals surface area contributed by atoms with Crippen molar-refractivity contribution in [3.63, 3.8) is 0 Å². The Morgan fingerprint density at radius 1 is 0.769 bits per heavy atom. The molecule has 0 radical (unpaired) electrons. The Morgan fingerprint density at radius 2 is 1.23 bits per heavy atom. The van der Waals surface area contributed by atoms with E-state index in [1.807, 2.05) is 26.0 Å². The summed E-state index contributed by atoms with van der Waals surface area (Å²) >= 11 is 0. The van der Waals surface area contributed by atoms with Crippen LogP contribution in [-0.2, 0) is 10.8 Å². The van der Waals surface area contributed by atoms with Crippen molar-refractivity contribution in [1.82, 2.24) is 0 Å². The lowest BCUT2D eigenvalue weighted by atomic mass is 9.56. The third-order valence-electron chi connectivity index (χ3n) is 7.02.